The van der Waals surface area contributed by atoms with Crippen molar-refractivity contribution in [3.05, 3.63) is 29.8 Å². The van der Waals surface area contributed by atoms with Gasteiger partial charge in [-0.2, -0.15) is 0 Å². The zero-order valence-corrected chi connectivity index (χ0v) is 21.0. The van der Waals surface area contributed by atoms with E-state index < -0.39 is 0 Å². The van der Waals surface area contributed by atoms with Crippen molar-refractivity contribution in [2.24, 2.45) is 10.4 Å². The fraction of sp³-hybridized carbons (Fsp3) is 0.682. The quantitative estimate of drug-likeness (QED) is 0.217. The third-order valence-electron chi connectivity index (χ3n) is 5.66. The number of ether oxygens (including phenoxy) is 2. The minimum atomic E-state index is -0.0161. The molecule has 7 nitrogen and oxygen atoms in total. The van der Waals surface area contributed by atoms with Crippen molar-refractivity contribution in [2.75, 3.05) is 59.7 Å². The third-order valence-corrected chi connectivity index (χ3v) is 5.66. The molecule has 172 valence electrons. The lowest BCUT2D eigenvalue weighted by Gasteiger charge is -2.27. The van der Waals surface area contributed by atoms with Gasteiger partial charge in [-0.25, -0.2) is 0 Å². The van der Waals surface area contributed by atoms with E-state index in [0.717, 1.165) is 62.9 Å². The minimum absolute atomic E-state index is 0. The first kappa shape index (κ1) is 26.9. The molecule has 1 heterocycles. The molecule has 8 heteroatoms. The van der Waals surface area contributed by atoms with E-state index in [-0.39, 0.29) is 36.0 Å². The second-order valence-electron chi connectivity index (χ2n) is 7.54. The Bertz CT molecular complexity index is 620. The van der Waals surface area contributed by atoms with Gasteiger partial charge < -0.3 is 30.1 Å². The Hall–Kier alpha value is -1.10. The molecule has 0 bridgehead atoms. The average molecular weight is 534 g/mol. The Morgan fingerprint density at radius 2 is 2.03 bits per heavy atom. The van der Waals surface area contributed by atoms with Crippen molar-refractivity contribution in [1.82, 2.24) is 15.5 Å². The van der Waals surface area contributed by atoms with Crippen LogP contribution in [0.2, 0.25) is 0 Å². The zero-order valence-electron chi connectivity index (χ0n) is 18.7. The molecule has 1 aliphatic rings. The number of nitrogens with one attached hydrogen (secondary N) is 2. The molecule has 0 spiro atoms. The van der Waals surface area contributed by atoms with Gasteiger partial charge in [-0.15, -0.1) is 24.0 Å². The van der Waals surface area contributed by atoms with E-state index in [1.54, 1.807) is 7.05 Å². The molecule has 0 radical (unpaired) electrons. The summed E-state index contributed by atoms with van der Waals surface area (Å²) in [7, 11) is 1.77. The van der Waals surface area contributed by atoms with Crippen LogP contribution in [0, 0.1) is 5.41 Å². The maximum absolute atomic E-state index is 9.39. The monoisotopic (exact) mass is 534 g/mol. The molecule has 1 aliphatic heterocycles. The molecule has 0 aromatic heterocycles. The molecule has 30 heavy (non-hydrogen) atoms. The van der Waals surface area contributed by atoms with Crippen LogP contribution in [0.4, 0.5) is 0 Å². The van der Waals surface area contributed by atoms with E-state index in [1.165, 1.54) is 0 Å². The molecule has 1 atom stereocenters. The van der Waals surface area contributed by atoms with Crippen molar-refractivity contribution < 1.29 is 14.6 Å². The van der Waals surface area contributed by atoms with Gasteiger partial charge in [0.05, 0.1) is 6.61 Å². The van der Waals surface area contributed by atoms with E-state index >= 15 is 0 Å². The van der Waals surface area contributed by atoms with Gasteiger partial charge in [-0.1, -0.05) is 32.0 Å². The van der Waals surface area contributed by atoms with E-state index in [9.17, 15) is 5.11 Å². The Morgan fingerprint density at radius 1 is 1.27 bits per heavy atom. The van der Waals surface area contributed by atoms with Gasteiger partial charge in [0.15, 0.2) is 5.96 Å². The van der Waals surface area contributed by atoms with Crippen molar-refractivity contribution in [3.63, 3.8) is 0 Å². The summed E-state index contributed by atoms with van der Waals surface area (Å²) in [6, 6.07) is 8.12. The van der Waals surface area contributed by atoms with Gasteiger partial charge in [0.2, 0.25) is 0 Å². The van der Waals surface area contributed by atoms with Crippen LogP contribution >= 0.6 is 24.0 Å². The Kier molecular flexibility index (Phi) is 13.3. The van der Waals surface area contributed by atoms with Gasteiger partial charge >= 0.3 is 0 Å². The van der Waals surface area contributed by atoms with Crippen molar-refractivity contribution in [2.45, 2.75) is 33.2 Å². The van der Waals surface area contributed by atoms with E-state index in [2.05, 4.69) is 40.4 Å². The number of hydrogen-bond donors (Lipinski definition) is 3. The lowest BCUT2D eigenvalue weighted by atomic mass is 9.84. The highest BCUT2D eigenvalue weighted by Gasteiger charge is 2.34. The van der Waals surface area contributed by atoms with E-state index in [4.69, 9.17) is 9.47 Å². The van der Waals surface area contributed by atoms with E-state index in [0.29, 0.717) is 19.8 Å². The van der Waals surface area contributed by atoms with Gasteiger partial charge in [0.1, 0.15) is 12.4 Å². The number of aliphatic imine (C=N–C) groups is 1. The summed E-state index contributed by atoms with van der Waals surface area (Å²) in [6.45, 7) is 11.0. The fourth-order valence-corrected chi connectivity index (χ4v) is 3.60. The lowest BCUT2D eigenvalue weighted by molar-refractivity contribution is 0.127. The van der Waals surface area contributed by atoms with Crippen LogP contribution in [-0.4, -0.2) is 75.6 Å². The summed E-state index contributed by atoms with van der Waals surface area (Å²) in [5.41, 5.74) is 1.09. The zero-order chi connectivity index (χ0) is 21.0. The lowest BCUT2D eigenvalue weighted by Crippen LogP contribution is -2.44. The van der Waals surface area contributed by atoms with Crippen LogP contribution in [-0.2, 0) is 11.3 Å². The first-order valence-corrected chi connectivity index (χ1v) is 10.7. The Morgan fingerprint density at radius 3 is 2.67 bits per heavy atom. The molecule has 1 aromatic rings. The second kappa shape index (κ2) is 14.8. The van der Waals surface area contributed by atoms with Crippen LogP contribution in [0.3, 0.4) is 0 Å². The van der Waals surface area contributed by atoms with Gasteiger partial charge in [0.25, 0.3) is 0 Å². The smallest absolute Gasteiger partial charge is 0.191 e. The van der Waals surface area contributed by atoms with Crippen LogP contribution in [0.25, 0.3) is 0 Å². The second-order valence-corrected chi connectivity index (χ2v) is 7.54. The molecule has 0 saturated carbocycles. The number of hydrogen-bond acceptors (Lipinski definition) is 5. The molecular formula is C22H39IN4O3. The number of guanidine groups is 1. The number of para-hydroxylation sites is 1. The maximum Gasteiger partial charge on any atom is 0.191 e. The predicted octanol–water partition coefficient (Wildman–Crippen LogP) is 2.48. The molecular weight excluding hydrogens is 495 g/mol. The topological polar surface area (TPSA) is 78.4 Å². The summed E-state index contributed by atoms with van der Waals surface area (Å²) in [4.78, 5) is 6.68. The number of benzene rings is 1. The van der Waals surface area contributed by atoms with Gasteiger partial charge in [0, 0.05) is 50.9 Å². The predicted molar refractivity (Wildman–Crippen MR) is 133 cm³/mol. The summed E-state index contributed by atoms with van der Waals surface area (Å²) in [5, 5.41) is 16.2. The number of rotatable bonds is 12. The molecule has 3 N–H and O–H groups in total. The summed E-state index contributed by atoms with van der Waals surface area (Å²) >= 11 is 0. The fourth-order valence-electron chi connectivity index (χ4n) is 3.60. The SMILES string of the molecule is CCN(CC)CCOc1ccccc1CNC(=NC)NCC1(CCO)CCOC1.I. The number of aliphatic hydroxyl groups is 1. The van der Waals surface area contributed by atoms with Crippen molar-refractivity contribution in [3.8, 4) is 5.75 Å². The Labute approximate surface area is 198 Å². The van der Waals surface area contributed by atoms with Crippen LogP contribution < -0.4 is 15.4 Å². The van der Waals surface area contributed by atoms with Crippen LogP contribution in [0.15, 0.2) is 29.3 Å². The number of halogens is 1. The molecule has 1 fully saturated rings. The summed E-state index contributed by atoms with van der Waals surface area (Å²) in [6.07, 6.45) is 1.70. The molecule has 2 rings (SSSR count). The van der Waals surface area contributed by atoms with Crippen LogP contribution in [0.5, 0.6) is 5.75 Å². The molecule has 1 saturated heterocycles. The van der Waals surface area contributed by atoms with Crippen molar-refractivity contribution in [1.29, 1.82) is 0 Å². The normalized spacial score (nSPS) is 18.9. The number of likely N-dealkylation sites (N-methyl/N-ethyl adjacent to an activating group) is 1. The third kappa shape index (κ3) is 8.56. The highest BCUT2D eigenvalue weighted by Crippen LogP contribution is 2.31. The molecule has 1 aromatic carbocycles. The first-order valence-electron chi connectivity index (χ1n) is 10.7. The van der Waals surface area contributed by atoms with Gasteiger partial charge in [-0.05, 0) is 32.0 Å². The maximum atomic E-state index is 9.39. The largest absolute Gasteiger partial charge is 0.492 e. The summed E-state index contributed by atoms with van der Waals surface area (Å²) in [5.74, 6) is 1.65. The first-order chi connectivity index (χ1) is 14.2. The standard InChI is InChI=1S/C22H38N4O3.HI/c1-4-26(5-2)12-15-29-20-9-7-6-8-19(20)16-24-21(23-3)25-17-22(10-13-27)11-14-28-18-22;/h6-9,27H,4-5,10-18H2,1-3H3,(H2,23,24,25);1H. The van der Waals surface area contributed by atoms with Crippen molar-refractivity contribution >= 4 is 29.9 Å². The minimum Gasteiger partial charge on any atom is -0.492 e. The van der Waals surface area contributed by atoms with Gasteiger partial charge in [-0.3, -0.25) is 4.99 Å². The number of aliphatic hydroxyl groups excluding tert-OH is 1. The van der Waals surface area contributed by atoms with E-state index in [1.807, 2.05) is 18.2 Å². The number of nitrogens with zero attached hydrogens (tertiary/aromatic N) is 2. The summed E-state index contributed by atoms with van der Waals surface area (Å²) < 4.78 is 11.6. The molecule has 0 aliphatic carbocycles. The van der Waals surface area contributed by atoms with Crippen LogP contribution in [0.1, 0.15) is 32.3 Å². The highest BCUT2D eigenvalue weighted by atomic mass is 127. The average Bonchev–Trinajstić information content (AvgIpc) is 3.21. The molecule has 1 unspecified atom stereocenters. The highest BCUT2D eigenvalue weighted by molar-refractivity contribution is 14.0. The Balaban J connectivity index is 0.00000450. The molecule has 0 amide bonds.